The van der Waals surface area contributed by atoms with Crippen LogP contribution in [0.5, 0.6) is 0 Å². The van der Waals surface area contributed by atoms with Gasteiger partial charge in [0.05, 0.1) is 27.7 Å². The van der Waals surface area contributed by atoms with Crippen molar-refractivity contribution in [2.75, 3.05) is 0 Å². The molecule has 5 nitrogen and oxygen atoms in total. The fourth-order valence-corrected chi connectivity index (χ4v) is 9.50. The van der Waals surface area contributed by atoms with Crippen molar-refractivity contribution in [1.29, 1.82) is 0 Å². The summed E-state index contributed by atoms with van der Waals surface area (Å²) in [6.45, 7) is 0. The summed E-state index contributed by atoms with van der Waals surface area (Å²) in [5.41, 5.74) is 9.68. The molecule has 10 aromatic carbocycles. The predicted molar refractivity (Wildman–Crippen MR) is 256 cm³/mol. The molecule has 0 aliphatic rings. The van der Waals surface area contributed by atoms with E-state index in [1.54, 1.807) is 0 Å². The molecule has 0 atom stereocenters. The van der Waals surface area contributed by atoms with Crippen LogP contribution < -0.4 is 0 Å². The van der Waals surface area contributed by atoms with Gasteiger partial charge < -0.3 is 8.98 Å². The number of aromatic nitrogens is 4. The van der Waals surface area contributed by atoms with Gasteiger partial charge in [0.2, 0.25) is 0 Å². The lowest BCUT2D eigenvalue weighted by Gasteiger charge is -2.13. The first kappa shape index (κ1) is 34.5. The molecule has 3 heterocycles. The maximum absolute atomic E-state index is 7.21. The van der Waals surface area contributed by atoms with Crippen LogP contribution in [0.25, 0.3) is 127 Å². The minimum absolute atomic E-state index is 0.538. The Morgan fingerprint density at radius 2 is 0.935 bits per heavy atom. The Hall–Kier alpha value is -8.41. The summed E-state index contributed by atoms with van der Waals surface area (Å²) >= 11 is 0. The van der Waals surface area contributed by atoms with Crippen LogP contribution in [0.1, 0.15) is 0 Å². The minimum Gasteiger partial charge on any atom is -0.455 e. The van der Waals surface area contributed by atoms with Gasteiger partial charge in [0.25, 0.3) is 0 Å². The number of rotatable bonds is 5. The molecule has 13 aromatic rings. The van der Waals surface area contributed by atoms with Crippen LogP contribution in [0.2, 0.25) is 0 Å². The third kappa shape index (κ3) is 5.32. The molecule has 62 heavy (non-hydrogen) atoms. The van der Waals surface area contributed by atoms with Gasteiger partial charge >= 0.3 is 0 Å². The Morgan fingerprint density at radius 1 is 0.323 bits per heavy atom. The molecule has 0 N–H and O–H groups in total. The molecular formula is C57H34N4O. The molecule has 0 bridgehead atoms. The normalized spacial score (nSPS) is 11.9. The van der Waals surface area contributed by atoms with Gasteiger partial charge in [0, 0.05) is 32.7 Å². The molecule has 0 radical (unpaired) electrons. The van der Waals surface area contributed by atoms with E-state index in [2.05, 4.69) is 205 Å². The largest absolute Gasteiger partial charge is 0.455 e. The zero-order valence-corrected chi connectivity index (χ0v) is 33.3. The fraction of sp³-hybridized carbons (Fsp3) is 0. The zero-order valence-electron chi connectivity index (χ0n) is 33.3. The smallest absolute Gasteiger partial charge is 0.167 e. The molecule has 0 aliphatic carbocycles. The van der Waals surface area contributed by atoms with E-state index in [9.17, 15) is 0 Å². The van der Waals surface area contributed by atoms with Crippen LogP contribution >= 0.6 is 0 Å². The van der Waals surface area contributed by atoms with Gasteiger partial charge in [0.15, 0.2) is 17.5 Å². The van der Waals surface area contributed by atoms with E-state index in [0.717, 1.165) is 88.0 Å². The summed E-state index contributed by atoms with van der Waals surface area (Å²) in [6.07, 6.45) is 0. The molecule has 0 fully saturated rings. The second-order valence-corrected chi connectivity index (χ2v) is 16.0. The number of hydrogen-bond acceptors (Lipinski definition) is 4. The first-order valence-corrected chi connectivity index (χ1v) is 20.9. The van der Waals surface area contributed by atoms with Gasteiger partial charge in [-0.25, -0.2) is 15.0 Å². The fourth-order valence-electron chi connectivity index (χ4n) is 9.50. The van der Waals surface area contributed by atoms with Gasteiger partial charge in [-0.2, -0.15) is 0 Å². The summed E-state index contributed by atoms with van der Waals surface area (Å²) < 4.78 is 9.61. The van der Waals surface area contributed by atoms with Gasteiger partial charge in [-0.3, -0.25) is 0 Å². The van der Waals surface area contributed by atoms with Crippen molar-refractivity contribution in [1.82, 2.24) is 19.5 Å². The quantitative estimate of drug-likeness (QED) is 0.174. The van der Waals surface area contributed by atoms with E-state index in [0.29, 0.717) is 17.5 Å². The highest BCUT2D eigenvalue weighted by Gasteiger charge is 2.24. The highest BCUT2D eigenvalue weighted by atomic mass is 16.3. The van der Waals surface area contributed by atoms with Crippen molar-refractivity contribution in [2.24, 2.45) is 0 Å². The molecule has 0 spiro atoms. The van der Waals surface area contributed by atoms with Crippen LogP contribution in [0.3, 0.4) is 0 Å². The maximum Gasteiger partial charge on any atom is 0.167 e. The first-order valence-electron chi connectivity index (χ1n) is 20.9. The third-order valence-corrected chi connectivity index (χ3v) is 12.4. The molecule has 3 aromatic heterocycles. The Kier molecular flexibility index (Phi) is 7.54. The monoisotopic (exact) mass is 790 g/mol. The Bertz CT molecular complexity index is 3930. The van der Waals surface area contributed by atoms with Crippen LogP contribution in [0, 0.1) is 0 Å². The number of hydrogen-bond donors (Lipinski definition) is 0. The lowest BCUT2D eigenvalue weighted by atomic mass is 10.0. The topological polar surface area (TPSA) is 56.7 Å². The predicted octanol–water partition coefficient (Wildman–Crippen LogP) is 15.0. The van der Waals surface area contributed by atoms with Crippen molar-refractivity contribution in [2.45, 2.75) is 0 Å². The maximum atomic E-state index is 7.21. The highest BCUT2D eigenvalue weighted by molar-refractivity contribution is 6.21. The van der Waals surface area contributed by atoms with Crippen LogP contribution in [-0.2, 0) is 0 Å². The molecule has 0 unspecified atom stereocenters. The number of benzene rings is 10. The van der Waals surface area contributed by atoms with E-state index in [-0.39, 0.29) is 0 Å². The van der Waals surface area contributed by atoms with E-state index >= 15 is 0 Å². The molecule has 5 heteroatoms. The Labute approximate surface area is 355 Å². The molecule has 288 valence electrons. The van der Waals surface area contributed by atoms with Gasteiger partial charge in [0.1, 0.15) is 11.2 Å². The summed E-state index contributed by atoms with van der Waals surface area (Å²) in [5, 5.41) is 11.2. The lowest BCUT2D eigenvalue weighted by molar-refractivity contribution is 0.673. The molecule has 0 amide bonds. The van der Waals surface area contributed by atoms with Crippen molar-refractivity contribution >= 4 is 76.1 Å². The summed E-state index contributed by atoms with van der Waals surface area (Å²) in [5.74, 6) is 1.72. The van der Waals surface area contributed by atoms with Crippen molar-refractivity contribution < 1.29 is 4.42 Å². The average Bonchev–Trinajstić information content (AvgIpc) is 3.89. The summed E-state index contributed by atoms with van der Waals surface area (Å²) in [7, 11) is 0. The van der Waals surface area contributed by atoms with Gasteiger partial charge in [-0.05, 0) is 80.5 Å². The van der Waals surface area contributed by atoms with Crippen LogP contribution in [0.4, 0.5) is 0 Å². The standard InChI is InChI=1S/C57H34N4O/c1-2-14-35(15-3-1)38-21-12-22-41(32-38)55-58-56(45-26-13-20-36-16-6-8-23-42(36)45)60-57(59-55)47-30-31-50(52-46-29-28-37-17-7-9-24-43(37)53(46)62-54(47)52)61-49-27-11-10-25-44(49)48-33-39-18-4-5-19-40(39)34-51(48)61/h1-34H. The average molecular weight is 791 g/mol. The number of para-hydroxylation sites is 1. The third-order valence-electron chi connectivity index (χ3n) is 12.4. The first-order chi connectivity index (χ1) is 30.7. The number of nitrogens with zero attached hydrogens (tertiary/aromatic N) is 4. The minimum atomic E-state index is 0.538. The lowest BCUT2D eigenvalue weighted by Crippen LogP contribution is -2.02. The second-order valence-electron chi connectivity index (χ2n) is 16.0. The molecule has 13 rings (SSSR count). The molecular weight excluding hydrogens is 757 g/mol. The van der Waals surface area contributed by atoms with Crippen molar-refractivity contribution in [3.05, 3.63) is 206 Å². The van der Waals surface area contributed by atoms with E-state index in [1.807, 2.05) is 6.07 Å². The van der Waals surface area contributed by atoms with Gasteiger partial charge in [-0.15, -0.1) is 0 Å². The molecule has 0 saturated carbocycles. The van der Waals surface area contributed by atoms with Crippen molar-refractivity contribution in [3.63, 3.8) is 0 Å². The Balaban J connectivity index is 1.13. The van der Waals surface area contributed by atoms with Gasteiger partial charge in [-0.1, -0.05) is 164 Å². The van der Waals surface area contributed by atoms with Crippen molar-refractivity contribution in [3.8, 4) is 51.0 Å². The highest BCUT2D eigenvalue weighted by Crippen LogP contribution is 2.45. The number of fused-ring (bicyclic) bond motifs is 10. The number of furan rings is 1. The van der Waals surface area contributed by atoms with Crippen LogP contribution in [-0.4, -0.2) is 19.5 Å². The summed E-state index contributed by atoms with van der Waals surface area (Å²) in [4.78, 5) is 15.9. The Morgan fingerprint density at radius 3 is 1.77 bits per heavy atom. The van der Waals surface area contributed by atoms with Crippen LogP contribution in [0.15, 0.2) is 211 Å². The zero-order chi connectivity index (χ0) is 40.7. The van der Waals surface area contributed by atoms with E-state index in [4.69, 9.17) is 19.4 Å². The summed E-state index contributed by atoms with van der Waals surface area (Å²) in [6, 6.07) is 72.7. The van der Waals surface area contributed by atoms with E-state index < -0.39 is 0 Å². The molecule has 0 aliphatic heterocycles. The second kappa shape index (κ2) is 13.6. The molecule has 0 saturated heterocycles. The SMILES string of the molecule is c1ccc(-c2cccc(-c3nc(-c4cccc5ccccc45)nc(-c4ccc(-n5c6ccccc6c6cc7ccccc7cc65)c5c4oc4c6ccccc6ccc45)n3)c2)cc1. The van der Waals surface area contributed by atoms with E-state index in [1.165, 1.54) is 21.5 Å².